The first kappa shape index (κ1) is 13.5. The lowest BCUT2D eigenvalue weighted by Gasteiger charge is -2.28. The number of amides is 1. The van der Waals surface area contributed by atoms with Crippen molar-refractivity contribution in [1.82, 2.24) is 15.5 Å². The molecule has 1 rings (SSSR count). The highest BCUT2D eigenvalue weighted by Gasteiger charge is 2.25. The molecule has 0 aromatic rings. The monoisotopic (exact) mass is 227 g/mol. The third-order valence-corrected chi connectivity index (χ3v) is 2.92. The second-order valence-electron chi connectivity index (χ2n) is 5.81. The average molecular weight is 227 g/mol. The summed E-state index contributed by atoms with van der Waals surface area (Å²) in [5, 5.41) is 6.28. The molecule has 0 bridgehead atoms. The van der Waals surface area contributed by atoms with E-state index in [0.717, 1.165) is 32.6 Å². The lowest BCUT2D eigenvalue weighted by Crippen LogP contribution is -2.42. The number of hydrogen-bond acceptors (Lipinski definition) is 3. The lowest BCUT2D eigenvalue weighted by molar-refractivity contribution is -0.124. The van der Waals surface area contributed by atoms with Crippen LogP contribution in [-0.4, -0.2) is 51.1 Å². The van der Waals surface area contributed by atoms with E-state index < -0.39 is 0 Å². The Morgan fingerprint density at radius 3 is 2.69 bits per heavy atom. The molecule has 1 aliphatic heterocycles. The van der Waals surface area contributed by atoms with Crippen LogP contribution in [0.2, 0.25) is 0 Å². The normalized spacial score (nSPS) is 21.4. The second kappa shape index (κ2) is 5.64. The van der Waals surface area contributed by atoms with Gasteiger partial charge in [-0.05, 0) is 32.5 Å². The van der Waals surface area contributed by atoms with Gasteiger partial charge in [-0.25, -0.2) is 0 Å². The van der Waals surface area contributed by atoms with E-state index in [-0.39, 0.29) is 17.2 Å². The fourth-order valence-electron chi connectivity index (χ4n) is 2.26. The maximum atomic E-state index is 11.8. The van der Waals surface area contributed by atoms with Crippen LogP contribution in [-0.2, 0) is 4.79 Å². The van der Waals surface area contributed by atoms with Gasteiger partial charge in [-0.15, -0.1) is 0 Å². The van der Waals surface area contributed by atoms with Gasteiger partial charge in [0.05, 0.1) is 5.92 Å². The Kier molecular flexibility index (Phi) is 4.74. The van der Waals surface area contributed by atoms with Crippen molar-refractivity contribution in [2.24, 2.45) is 11.3 Å². The van der Waals surface area contributed by atoms with Crippen molar-refractivity contribution in [3.63, 3.8) is 0 Å². The number of nitrogens with one attached hydrogen (secondary N) is 2. The summed E-state index contributed by atoms with van der Waals surface area (Å²) in [4.78, 5) is 14.0. The highest BCUT2D eigenvalue weighted by Crippen LogP contribution is 2.15. The molecule has 94 valence electrons. The van der Waals surface area contributed by atoms with Crippen LogP contribution >= 0.6 is 0 Å². The van der Waals surface area contributed by atoms with E-state index >= 15 is 0 Å². The fraction of sp³-hybridized carbons (Fsp3) is 0.917. The van der Waals surface area contributed by atoms with Gasteiger partial charge in [0.2, 0.25) is 5.91 Å². The van der Waals surface area contributed by atoms with Crippen molar-refractivity contribution < 1.29 is 4.79 Å². The Bertz CT molecular complexity index is 232. The fourth-order valence-corrected chi connectivity index (χ4v) is 2.26. The van der Waals surface area contributed by atoms with Crippen LogP contribution in [0.3, 0.4) is 0 Å². The first-order valence-corrected chi connectivity index (χ1v) is 6.04. The molecule has 2 N–H and O–H groups in total. The van der Waals surface area contributed by atoms with Crippen LogP contribution in [0.25, 0.3) is 0 Å². The van der Waals surface area contributed by atoms with Gasteiger partial charge in [-0.3, -0.25) is 4.79 Å². The minimum Gasteiger partial charge on any atom is -0.355 e. The van der Waals surface area contributed by atoms with E-state index in [2.05, 4.69) is 43.5 Å². The molecule has 0 aliphatic carbocycles. The van der Waals surface area contributed by atoms with Crippen LogP contribution in [0.1, 0.15) is 20.3 Å². The summed E-state index contributed by atoms with van der Waals surface area (Å²) in [5.41, 5.74) is 0.130. The molecule has 1 aliphatic rings. The summed E-state index contributed by atoms with van der Waals surface area (Å²) >= 11 is 0. The van der Waals surface area contributed by atoms with Gasteiger partial charge >= 0.3 is 0 Å². The van der Waals surface area contributed by atoms with Gasteiger partial charge in [0.25, 0.3) is 0 Å². The van der Waals surface area contributed by atoms with E-state index in [1.807, 2.05) is 0 Å². The van der Waals surface area contributed by atoms with Crippen LogP contribution in [0, 0.1) is 11.3 Å². The van der Waals surface area contributed by atoms with Crippen molar-refractivity contribution >= 4 is 5.91 Å². The average Bonchev–Trinajstić information content (AvgIpc) is 2.64. The Hall–Kier alpha value is -0.610. The van der Waals surface area contributed by atoms with Gasteiger partial charge in [0, 0.05) is 19.6 Å². The number of carbonyl (C=O) groups is 1. The third-order valence-electron chi connectivity index (χ3n) is 2.92. The molecule has 1 amide bonds. The van der Waals surface area contributed by atoms with Gasteiger partial charge in [0.1, 0.15) is 0 Å². The molecule has 16 heavy (non-hydrogen) atoms. The van der Waals surface area contributed by atoms with Crippen molar-refractivity contribution in [3.05, 3.63) is 0 Å². The van der Waals surface area contributed by atoms with Gasteiger partial charge in [0.15, 0.2) is 0 Å². The van der Waals surface area contributed by atoms with Gasteiger partial charge in [-0.1, -0.05) is 13.8 Å². The van der Waals surface area contributed by atoms with E-state index in [1.165, 1.54) is 0 Å². The zero-order valence-corrected chi connectivity index (χ0v) is 11.0. The van der Waals surface area contributed by atoms with Crippen molar-refractivity contribution in [3.8, 4) is 0 Å². The molecule has 0 aromatic heterocycles. The van der Waals surface area contributed by atoms with Crippen LogP contribution in [0.5, 0.6) is 0 Å². The Morgan fingerprint density at radius 2 is 2.19 bits per heavy atom. The number of nitrogens with zero attached hydrogens (tertiary/aromatic N) is 1. The van der Waals surface area contributed by atoms with Crippen molar-refractivity contribution in [2.75, 3.05) is 40.3 Å². The number of hydrogen-bond donors (Lipinski definition) is 2. The summed E-state index contributed by atoms with van der Waals surface area (Å²) in [6, 6.07) is 0. The molecule has 4 nitrogen and oxygen atoms in total. The quantitative estimate of drug-likeness (QED) is 0.710. The minimum atomic E-state index is 0.130. The van der Waals surface area contributed by atoms with Crippen LogP contribution < -0.4 is 10.6 Å². The van der Waals surface area contributed by atoms with E-state index in [9.17, 15) is 4.79 Å². The first-order chi connectivity index (χ1) is 7.41. The molecular formula is C12H25N3O. The Labute approximate surface area is 98.8 Å². The Balaban J connectivity index is 2.29. The zero-order chi connectivity index (χ0) is 12.2. The van der Waals surface area contributed by atoms with Crippen molar-refractivity contribution in [2.45, 2.75) is 20.3 Å². The summed E-state index contributed by atoms with van der Waals surface area (Å²) < 4.78 is 0. The summed E-state index contributed by atoms with van der Waals surface area (Å²) in [7, 11) is 4.12. The van der Waals surface area contributed by atoms with Crippen molar-refractivity contribution in [1.29, 1.82) is 0 Å². The lowest BCUT2D eigenvalue weighted by atomic mass is 9.92. The maximum absolute atomic E-state index is 11.8. The maximum Gasteiger partial charge on any atom is 0.224 e. The molecule has 1 fully saturated rings. The Morgan fingerprint density at radius 1 is 1.50 bits per heavy atom. The molecule has 1 unspecified atom stereocenters. The molecule has 0 radical (unpaired) electrons. The smallest absolute Gasteiger partial charge is 0.224 e. The molecule has 0 aromatic carbocycles. The van der Waals surface area contributed by atoms with Crippen LogP contribution in [0.15, 0.2) is 0 Å². The molecular weight excluding hydrogens is 202 g/mol. The van der Waals surface area contributed by atoms with Crippen LogP contribution in [0.4, 0.5) is 0 Å². The summed E-state index contributed by atoms with van der Waals surface area (Å²) in [5.74, 6) is 0.381. The molecule has 1 heterocycles. The predicted octanol–water partition coefficient (Wildman–Crippen LogP) is 0.300. The SMILES string of the molecule is CN(C)CC(C)(C)CNC(=O)C1CCNC1. The van der Waals surface area contributed by atoms with E-state index in [0.29, 0.717) is 0 Å². The van der Waals surface area contributed by atoms with Gasteiger partial charge < -0.3 is 15.5 Å². The zero-order valence-electron chi connectivity index (χ0n) is 11.0. The number of rotatable bonds is 5. The van der Waals surface area contributed by atoms with E-state index in [4.69, 9.17) is 0 Å². The predicted molar refractivity (Wildman–Crippen MR) is 66.3 cm³/mol. The molecule has 0 spiro atoms. The highest BCUT2D eigenvalue weighted by molar-refractivity contribution is 5.79. The molecule has 1 atom stereocenters. The summed E-state index contributed by atoms with van der Waals surface area (Å²) in [6.07, 6.45) is 0.972. The second-order valence-corrected chi connectivity index (χ2v) is 5.81. The standard InChI is InChI=1S/C12H25N3O/c1-12(2,9-15(3)4)8-14-11(16)10-5-6-13-7-10/h10,13H,5-9H2,1-4H3,(H,14,16). The number of carbonyl (C=O) groups excluding carboxylic acids is 1. The first-order valence-electron chi connectivity index (χ1n) is 6.04. The van der Waals surface area contributed by atoms with E-state index in [1.54, 1.807) is 0 Å². The molecule has 4 heteroatoms. The van der Waals surface area contributed by atoms with Gasteiger partial charge in [-0.2, -0.15) is 0 Å². The molecule has 1 saturated heterocycles. The summed E-state index contributed by atoms with van der Waals surface area (Å²) in [6.45, 7) is 7.90. The minimum absolute atomic E-state index is 0.130. The largest absolute Gasteiger partial charge is 0.355 e. The third kappa shape index (κ3) is 4.49. The highest BCUT2D eigenvalue weighted by atomic mass is 16.1. The molecule has 0 saturated carbocycles. The topological polar surface area (TPSA) is 44.4 Å².